The average Bonchev–Trinajstić information content (AvgIpc) is 2.83. The molecule has 2 fully saturated rings. The Hall–Kier alpha value is -0.860. The van der Waals surface area contributed by atoms with Crippen LogP contribution in [0.2, 0.25) is 0 Å². The van der Waals surface area contributed by atoms with Crippen LogP contribution >= 0.6 is 0 Å². The molecular formula is C17H25NO. The van der Waals surface area contributed by atoms with Crippen LogP contribution in [0.15, 0.2) is 6.07 Å². The molecule has 2 heteroatoms. The number of nitrogens with one attached hydrogen (secondary N) is 1. The van der Waals surface area contributed by atoms with Crippen LogP contribution in [0.3, 0.4) is 0 Å². The van der Waals surface area contributed by atoms with Crippen molar-refractivity contribution in [3.63, 3.8) is 0 Å². The number of rotatable bonds is 2. The Balaban J connectivity index is 2.14. The zero-order chi connectivity index (χ0) is 13.6. The van der Waals surface area contributed by atoms with E-state index in [4.69, 9.17) is 4.74 Å². The molecule has 1 atom stereocenters. The zero-order valence-electron chi connectivity index (χ0n) is 12.6. The topological polar surface area (TPSA) is 21.3 Å². The van der Waals surface area contributed by atoms with Gasteiger partial charge in [-0.2, -0.15) is 0 Å². The smallest absolute Gasteiger partial charge is 0.0589 e. The van der Waals surface area contributed by atoms with Crippen LogP contribution < -0.4 is 5.32 Å². The van der Waals surface area contributed by atoms with Crippen molar-refractivity contribution in [1.82, 2.24) is 5.32 Å². The summed E-state index contributed by atoms with van der Waals surface area (Å²) in [6.45, 7) is 13.2. The molecule has 1 N–H and O–H groups in total. The van der Waals surface area contributed by atoms with Crippen molar-refractivity contribution in [2.75, 3.05) is 26.3 Å². The molecule has 2 saturated heterocycles. The van der Waals surface area contributed by atoms with Gasteiger partial charge >= 0.3 is 0 Å². The van der Waals surface area contributed by atoms with Gasteiger partial charge in [0, 0.05) is 5.41 Å². The summed E-state index contributed by atoms with van der Waals surface area (Å²) in [5.74, 6) is 0.736. The Labute approximate surface area is 116 Å². The van der Waals surface area contributed by atoms with Crippen LogP contribution in [-0.4, -0.2) is 26.3 Å². The fourth-order valence-electron chi connectivity index (χ4n) is 4.00. The lowest BCUT2D eigenvalue weighted by atomic mass is 9.65. The van der Waals surface area contributed by atoms with Crippen molar-refractivity contribution in [2.24, 2.45) is 5.92 Å². The maximum Gasteiger partial charge on any atom is 0.0589 e. The van der Waals surface area contributed by atoms with E-state index in [1.807, 2.05) is 0 Å². The summed E-state index contributed by atoms with van der Waals surface area (Å²) in [5, 5.41) is 3.53. The third kappa shape index (κ3) is 1.85. The van der Waals surface area contributed by atoms with Gasteiger partial charge in [-0.1, -0.05) is 6.07 Å². The van der Waals surface area contributed by atoms with Gasteiger partial charge in [0.2, 0.25) is 0 Å². The van der Waals surface area contributed by atoms with Gasteiger partial charge in [-0.15, -0.1) is 0 Å². The SMILES string of the molecule is Cc1cc(C)c(C)c(C2(C3CCNC3)COC2)c1C. The Bertz CT molecular complexity index is 470. The van der Waals surface area contributed by atoms with Crippen LogP contribution in [-0.2, 0) is 10.2 Å². The maximum atomic E-state index is 5.67. The first-order chi connectivity index (χ1) is 9.06. The molecule has 0 radical (unpaired) electrons. The third-order valence-electron chi connectivity index (χ3n) is 5.42. The van der Waals surface area contributed by atoms with Gasteiger partial charge in [0.1, 0.15) is 0 Å². The van der Waals surface area contributed by atoms with Gasteiger partial charge in [-0.05, 0) is 80.9 Å². The predicted molar refractivity (Wildman–Crippen MR) is 78.9 cm³/mol. The summed E-state index contributed by atoms with van der Waals surface area (Å²) < 4.78 is 5.67. The number of ether oxygens (including phenoxy) is 1. The second-order valence-electron chi connectivity index (χ2n) is 6.47. The highest BCUT2D eigenvalue weighted by Gasteiger charge is 2.49. The fraction of sp³-hybridized carbons (Fsp3) is 0.647. The molecule has 2 heterocycles. The highest BCUT2D eigenvalue weighted by Crippen LogP contribution is 2.45. The minimum Gasteiger partial charge on any atom is -0.379 e. The van der Waals surface area contributed by atoms with E-state index in [9.17, 15) is 0 Å². The van der Waals surface area contributed by atoms with Crippen molar-refractivity contribution in [3.05, 3.63) is 33.9 Å². The van der Waals surface area contributed by atoms with E-state index in [-0.39, 0.29) is 5.41 Å². The van der Waals surface area contributed by atoms with Crippen LogP contribution in [0.25, 0.3) is 0 Å². The number of hydrogen-bond acceptors (Lipinski definition) is 2. The van der Waals surface area contributed by atoms with Gasteiger partial charge < -0.3 is 10.1 Å². The van der Waals surface area contributed by atoms with E-state index < -0.39 is 0 Å². The van der Waals surface area contributed by atoms with Gasteiger partial charge in [-0.25, -0.2) is 0 Å². The van der Waals surface area contributed by atoms with Crippen molar-refractivity contribution in [3.8, 4) is 0 Å². The molecule has 0 aliphatic carbocycles. The van der Waals surface area contributed by atoms with Gasteiger partial charge in [0.25, 0.3) is 0 Å². The molecule has 2 nitrogen and oxygen atoms in total. The zero-order valence-corrected chi connectivity index (χ0v) is 12.6. The van der Waals surface area contributed by atoms with Crippen LogP contribution in [0.1, 0.15) is 34.2 Å². The van der Waals surface area contributed by atoms with E-state index in [1.165, 1.54) is 28.7 Å². The van der Waals surface area contributed by atoms with Gasteiger partial charge in [0.15, 0.2) is 0 Å². The van der Waals surface area contributed by atoms with Crippen molar-refractivity contribution >= 4 is 0 Å². The van der Waals surface area contributed by atoms with Crippen molar-refractivity contribution in [2.45, 2.75) is 39.5 Å². The highest BCUT2D eigenvalue weighted by molar-refractivity contribution is 5.49. The molecule has 2 aliphatic heterocycles. The molecule has 1 aromatic rings. The lowest BCUT2D eigenvalue weighted by molar-refractivity contribution is -0.0875. The number of benzene rings is 1. The highest BCUT2D eigenvalue weighted by atomic mass is 16.5. The second-order valence-corrected chi connectivity index (χ2v) is 6.47. The quantitative estimate of drug-likeness (QED) is 0.882. The molecule has 3 rings (SSSR count). The molecule has 104 valence electrons. The molecule has 1 unspecified atom stereocenters. The molecule has 19 heavy (non-hydrogen) atoms. The van der Waals surface area contributed by atoms with Crippen LogP contribution in [0.4, 0.5) is 0 Å². The van der Waals surface area contributed by atoms with E-state index in [2.05, 4.69) is 39.1 Å². The minimum atomic E-state index is 0.272. The van der Waals surface area contributed by atoms with Gasteiger partial charge in [0.05, 0.1) is 13.2 Å². The standard InChI is InChI=1S/C17H25NO/c1-11-7-12(2)14(4)16(13(11)3)17(9-19-10-17)15-5-6-18-8-15/h7,15,18H,5-6,8-10H2,1-4H3. The summed E-state index contributed by atoms with van der Waals surface area (Å²) in [6, 6.07) is 2.33. The molecule has 0 saturated carbocycles. The Morgan fingerprint density at radius 3 is 2.16 bits per heavy atom. The summed E-state index contributed by atoms with van der Waals surface area (Å²) in [4.78, 5) is 0. The predicted octanol–water partition coefficient (Wildman–Crippen LogP) is 2.80. The first-order valence-electron chi connectivity index (χ1n) is 7.42. The lowest BCUT2D eigenvalue weighted by Gasteiger charge is -2.48. The molecule has 0 aromatic heterocycles. The molecule has 0 spiro atoms. The summed E-state index contributed by atoms with van der Waals surface area (Å²) in [7, 11) is 0. The first kappa shape index (κ1) is 13.1. The van der Waals surface area contributed by atoms with Crippen molar-refractivity contribution < 1.29 is 4.74 Å². The largest absolute Gasteiger partial charge is 0.379 e. The Morgan fingerprint density at radius 2 is 1.74 bits per heavy atom. The summed E-state index contributed by atoms with van der Waals surface area (Å²) >= 11 is 0. The van der Waals surface area contributed by atoms with Crippen molar-refractivity contribution in [1.29, 1.82) is 0 Å². The lowest BCUT2D eigenvalue weighted by Crippen LogP contribution is -2.54. The maximum absolute atomic E-state index is 5.67. The van der Waals surface area contributed by atoms with E-state index >= 15 is 0 Å². The molecule has 0 bridgehead atoms. The Morgan fingerprint density at radius 1 is 1.11 bits per heavy atom. The van der Waals surface area contributed by atoms with Gasteiger partial charge in [-0.3, -0.25) is 0 Å². The second kappa shape index (κ2) is 4.60. The molecule has 1 aromatic carbocycles. The molecular weight excluding hydrogens is 234 g/mol. The van der Waals surface area contributed by atoms with E-state index in [0.29, 0.717) is 0 Å². The average molecular weight is 259 g/mol. The normalized spacial score (nSPS) is 25.4. The fourth-order valence-corrected chi connectivity index (χ4v) is 4.00. The molecule has 0 amide bonds. The number of hydrogen-bond donors (Lipinski definition) is 1. The first-order valence-corrected chi connectivity index (χ1v) is 7.42. The van der Waals surface area contributed by atoms with Crippen LogP contribution in [0, 0.1) is 33.6 Å². The third-order valence-corrected chi connectivity index (χ3v) is 5.42. The number of aryl methyl sites for hydroxylation is 2. The minimum absolute atomic E-state index is 0.272. The Kier molecular flexibility index (Phi) is 3.18. The van der Waals surface area contributed by atoms with E-state index in [1.54, 1.807) is 5.56 Å². The van der Waals surface area contributed by atoms with E-state index in [0.717, 1.165) is 32.2 Å². The molecule has 2 aliphatic rings. The summed E-state index contributed by atoms with van der Waals surface area (Å²) in [6.07, 6.45) is 1.29. The summed E-state index contributed by atoms with van der Waals surface area (Å²) in [5.41, 5.74) is 7.68. The van der Waals surface area contributed by atoms with Crippen LogP contribution in [0.5, 0.6) is 0 Å². The monoisotopic (exact) mass is 259 g/mol.